The van der Waals surface area contributed by atoms with E-state index in [1.165, 1.54) is 43.3 Å². The monoisotopic (exact) mass is 659 g/mol. The molecule has 3 nitrogen and oxygen atoms in total. The standard InChI is InChI=1S/C40H74O3Si2/c1-28-23-25-40(12)34(29(2)18-17-24-39(10,11)41)21-22-35(40)33(28)20-19-31-26-32(42-44(13,14)37(4,5)6)27-36(30(31)3)43-45(15,16)38(7,8)9/h19-20,29,32,34-36,41H,17-18,21-27H2,1-16H3/b20-19-/t29-,32-,34-,35+,36+,40-/m1/s1. The van der Waals surface area contributed by atoms with Gasteiger partial charge in [-0.2, -0.15) is 0 Å². The number of allylic oxidation sites excluding steroid dienone is 4. The molecule has 0 unspecified atom stereocenters. The fourth-order valence-electron chi connectivity index (χ4n) is 8.14. The molecular formula is C40H74O3Si2. The second-order valence-electron chi connectivity index (χ2n) is 19.5. The predicted molar refractivity (Wildman–Crippen MR) is 201 cm³/mol. The van der Waals surface area contributed by atoms with Gasteiger partial charge in [0.2, 0.25) is 0 Å². The van der Waals surface area contributed by atoms with Crippen LogP contribution < -0.4 is 0 Å². The highest BCUT2D eigenvalue weighted by molar-refractivity contribution is 6.74. The van der Waals surface area contributed by atoms with Crippen molar-refractivity contribution in [3.05, 3.63) is 34.4 Å². The first-order valence-electron chi connectivity index (χ1n) is 18.4. The van der Waals surface area contributed by atoms with Crippen LogP contribution in [0.25, 0.3) is 0 Å². The van der Waals surface area contributed by atoms with Crippen molar-refractivity contribution < 1.29 is 14.0 Å². The number of hydrogen-bond acceptors (Lipinski definition) is 3. The molecule has 6 atom stereocenters. The Balaban J connectivity index is 1.89. The average molecular weight is 659 g/mol. The third-order valence-corrected chi connectivity index (χ3v) is 22.4. The van der Waals surface area contributed by atoms with Crippen molar-refractivity contribution in [1.82, 2.24) is 0 Å². The van der Waals surface area contributed by atoms with Gasteiger partial charge in [0.15, 0.2) is 16.6 Å². The average Bonchev–Trinajstić information content (AvgIpc) is 3.20. The molecule has 1 saturated carbocycles. The van der Waals surface area contributed by atoms with Crippen LogP contribution in [0.3, 0.4) is 0 Å². The molecule has 260 valence electrons. The Kier molecular flexibility index (Phi) is 12.0. The number of fused-ring (bicyclic) bond motifs is 1. The van der Waals surface area contributed by atoms with Crippen LogP contribution in [0.15, 0.2) is 34.4 Å². The zero-order chi connectivity index (χ0) is 34.4. The Morgan fingerprint density at radius 1 is 0.911 bits per heavy atom. The summed E-state index contributed by atoms with van der Waals surface area (Å²) in [6.45, 7) is 37.4. The van der Waals surface area contributed by atoms with Crippen LogP contribution >= 0.6 is 0 Å². The minimum absolute atomic E-state index is 0.126. The summed E-state index contributed by atoms with van der Waals surface area (Å²) in [5, 5.41) is 10.6. The van der Waals surface area contributed by atoms with E-state index < -0.39 is 22.2 Å². The van der Waals surface area contributed by atoms with Crippen molar-refractivity contribution in [3.8, 4) is 0 Å². The van der Waals surface area contributed by atoms with Gasteiger partial charge in [-0.3, -0.25) is 0 Å². The summed E-state index contributed by atoms with van der Waals surface area (Å²) < 4.78 is 14.3. The van der Waals surface area contributed by atoms with E-state index in [-0.39, 0.29) is 22.3 Å². The maximum Gasteiger partial charge on any atom is 0.192 e. The molecule has 0 bridgehead atoms. The van der Waals surface area contributed by atoms with Crippen LogP contribution in [0.1, 0.15) is 141 Å². The van der Waals surface area contributed by atoms with Crippen molar-refractivity contribution in [2.24, 2.45) is 23.2 Å². The first kappa shape index (κ1) is 39.0. The molecule has 45 heavy (non-hydrogen) atoms. The Morgan fingerprint density at radius 3 is 2.04 bits per heavy atom. The van der Waals surface area contributed by atoms with E-state index >= 15 is 0 Å². The maximum atomic E-state index is 10.3. The number of aliphatic hydroxyl groups is 1. The molecule has 1 fully saturated rings. The molecule has 0 aromatic heterocycles. The van der Waals surface area contributed by atoms with E-state index in [2.05, 4.69) is 108 Å². The molecule has 3 aliphatic rings. The molecule has 0 heterocycles. The smallest absolute Gasteiger partial charge is 0.192 e. The van der Waals surface area contributed by atoms with Gasteiger partial charge in [-0.1, -0.05) is 86.0 Å². The molecule has 0 amide bonds. The van der Waals surface area contributed by atoms with Gasteiger partial charge in [-0.05, 0) is 142 Å². The lowest BCUT2D eigenvalue weighted by Crippen LogP contribution is -2.49. The SMILES string of the molecule is CC1=C(/C=C\C2=C(C)[C@@H](O[Si](C)(C)C(C)(C)C)C[C@H](O[Si](C)(C)C(C)(C)C)C2)[C@@H]2CC[C@H]([C@H](C)CCCC(C)(C)O)[C@@]2(C)CC1. The molecule has 0 saturated heterocycles. The lowest BCUT2D eigenvalue weighted by molar-refractivity contribution is 0.0611. The van der Waals surface area contributed by atoms with Crippen molar-refractivity contribution in [2.45, 2.75) is 195 Å². The van der Waals surface area contributed by atoms with E-state index in [1.54, 1.807) is 11.1 Å². The molecule has 3 rings (SSSR count). The minimum atomic E-state index is -1.95. The summed E-state index contributed by atoms with van der Waals surface area (Å²) >= 11 is 0. The second-order valence-corrected chi connectivity index (χ2v) is 29.0. The lowest BCUT2D eigenvalue weighted by Gasteiger charge is -2.45. The van der Waals surface area contributed by atoms with Gasteiger partial charge >= 0.3 is 0 Å². The van der Waals surface area contributed by atoms with Crippen LogP contribution in [0, 0.1) is 23.2 Å². The highest BCUT2D eigenvalue weighted by atomic mass is 28.4. The van der Waals surface area contributed by atoms with E-state index in [9.17, 15) is 5.11 Å². The van der Waals surface area contributed by atoms with E-state index in [0.29, 0.717) is 17.3 Å². The van der Waals surface area contributed by atoms with Crippen LogP contribution in [-0.2, 0) is 8.85 Å². The fourth-order valence-corrected chi connectivity index (χ4v) is 10.8. The molecule has 1 N–H and O–H groups in total. The molecular weight excluding hydrogens is 585 g/mol. The van der Waals surface area contributed by atoms with E-state index in [0.717, 1.165) is 31.6 Å². The Bertz CT molecular complexity index is 1120. The summed E-state index contributed by atoms with van der Waals surface area (Å²) in [5.74, 6) is 2.12. The Labute approximate surface area is 282 Å². The molecule has 0 radical (unpaired) electrons. The normalized spacial score (nSPS) is 30.0. The van der Waals surface area contributed by atoms with E-state index in [4.69, 9.17) is 8.85 Å². The minimum Gasteiger partial charge on any atom is -0.413 e. The summed E-state index contributed by atoms with van der Waals surface area (Å²) in [6.07, 6.45) is 15.7. The van der Waals surface area contributed by atoms with Crippen LogP contribution in [-0.4, -0.2) is 39.6 Å². The quantitative estimate of drug-likeness (QED) is 0.225. The topological polar surface area (TPSA) is 38.7 Å². The summed E-state index contributed by atoms with van der Waals surface area (Å²) in [6, 6.07) is 0. The molecule has 5 heteroatoms. The third kappa shape index (κ3) is 9.16. The fraction of sp³-hybridized carbons (Fsp3) is 0.850. The molecule has 0 spiro atoms. The van der Waals surface area contributed by atoms with Gasteiger partial charge < -0.3 is 14.0 Å². The van der Waals surface area contributed by atoms with Crippen LogP contribution in [0.4, 0.5) is 0 Å². The van der Waals surface area contributed by atoms with Crippen molar-refractivity contribution >= 4 is 16.6 Å². The predicted octanol–water partition coefficient (Wildman–Crippen LogP) is 12.2. The summed E-state index contributed by atoms with van der Waals surface area (Å²) in [5.41, 5.74) is 5.89. The molecule has 0 aromatic carbocycles. The third-order valence-electron chi connectivity index (χ3n) is 13.3. The van der Waals surface area contributed by atoms with Gasteiger partial charge in [0, 0.05) is 6.42 Å². The summed E-state index contributed by atoms with van der Waals surface area (Å²) in [4.78, 5) is 0. The zero-order valence-electron chi connectivity index (χ0n) is 32.7. The zero-order valence-corrected chi connectivity index (χ0v) is 34.7. The van der Waals surface area contributed by atoms with Gasteiger partial charge in [-0.15, -0.1) is 0 Å². The number of rotatable bonds is 11. The number of hydrogen-bond donors (Lipinski definition) is 1. The van der Waals surface area contributed by atoms with Crippen LogP contribution in [0.2, 0.25) is 36.3 Å². The van der Waals surface area contributed by atoms with Crippen molar-refractivity contribution in [3.63, 3.8) is 0 Å². The first-order valence-corrected chi connectivity index (χ1v) is 24.3. The van der Waals surface area contributed by atoms with Gasteiger partial charge in [0.25, 0.3) is 0 Å². The highest BCUT2D eigenvalue weighted by Crippen LogP contribution is 2.60. The lowest BCUT2D eigenvalue weighted by atomic mass is 9.60. The van der Waals surface area contributed by atoms with E-state index in [1.807, 2.05) is 13.8 Å². The maximum absolute atomic E-state index is 10.3. The van der Waals surface area contributed by atoms with Gasteiger partial charge in [0.1, 0.15) is 0 Å². The van der Waals surface area contributed by atoms with Crippen molar-refractivity contribution in [1.29, 1.82) is 0 Å². The molecule has 0 aliphatic heterocycles. The first-order chi connectivity index (χ1) is 20.3. The molecule has 3 aliphatic carbocycles. The highest BCUT2D eigenvalue weighted by Gasteiger charge is 2.51. The summed E-state index contributed by atoms with van der Waals surface area (Å²) in [7, 11) is -3.86. The van der Waals surface area contributed by atoms with Gasteiger partial charge in [0.05, 0.1) is 17.8 Å². The second kappa shape index (κ2) is 13.8. The van der Waals surface area contributed by atoms with Crippen LogP contribution in [0.5, 0.6) is 0 Å². The largest absolute Gasteiger partial charge is 0.413 e. The van der Waals surface area contributed by atoms with Crippen molar-refractivity contribution in [2.75, 3.05) is 0 Å². The molecule has 0 aromatic rings. The van der Waals surface area contributed by atoms with Gasteiger partial charge in [-0.25, -0.2) is 0 Å². The Morgan fingerprint density at radius 2 is 1.49 bits per heavy atom. The Hall–Kier alpha value is -0.466.